The molecule has 1 aliphatic rings. The minimum Gasteiger partial charge on any atom is -0.477 e. The van der Waals surface area contributed by atoms with E-state index in [0.29, 0.717) is 5.82 Å². The summed E-state index contributed by atoms with van der Waals surface area (Å²) in [7, 11) is 0. The Bertz CT molecular complexity index is 452. The molecule has 0 atom stereocenters. The summed E-state index contributed by atoms with van der Waals surface area (Å²) < 4.78 is 0.223. The molecule has 0 aliphatic carbocycles. The molecule has 6 heteroatoms. The predicted molar refractivity (Wildman–Crippen MR) is 62.4 cm³/mol. The van der Waals surface area contributed by atoms with Crippen LogP contribution in [0.1, 0.15) is 29.8 Å². The quantitative estimate of drug-likeness (QED) is 0.770. The largest absolute Gasteiger partial charge is 0.477 e. The van der Waals surface area contributed by atoms with Crippen LogP contribution in [0.15, 0.2) is 6.07 Å². The van der Waals surface area contributed by atoms with Gasteiger partial charge < -0.3 is 15.0 Å². The smallest absolute Gasteiger partial charge is 0.352 e. The van der Waals surface area contributed by atoms with E-state index >= 15 is 0 Å². The first-order valence-electron chi connectivity index (χ1n) is 5.26. The van der Waals surface area contributed by atoms with Crippen molar-refractivity contribution >= 4 is 24.0 Å². The van der Waals surface area contributed by atoms with Gasteiger partial charge in [0, 0.05) is 19.2 Å². The fourth-order valence-corrected chi connectivity index (χ4v) is 2.05. The number of aromatic carboxylic acids is 1. The minimum absolute atomic E-state index is 0.0978. The van der Waals surface area contributed by atoms with Gasteiger partial charge in [-0.3, -0.25) is 0 Å². The number of hydrogen-bond acceptors (Lipinski definition) is 4. The third-order valence-electron chi connectivity index (χ3n) is 2.64. The fraction of sp³-hybridized carbons (Fsp3) is 0.500. The zero-order valence-corrected chi connectivity index (χ0v) is 9.59. The number of nitrogens with one attached hydrogen (secondary N) is 1. The minimum atomic E-state index is -1.01. The molecular formula is C10H13N3O2S. The third-order valence-corrected chi connectivity index (χ3v) is 2.83. The second-order valence-electron chi connectivity index (χ2n) is 3.81. The van der Waals surface area contributed by atoms with Gasteiger partial charge in [-0.15, -0.1) is 0 Å². The summed E-state index contributed by atoms with van der Waals surface area (Å²) in [5.41, 5.74) is 0.0978. The lowest BCUT2D eigenvalue weighted by Crippen LogP contribution is -2.30. The lowest BCUT2D eigenvalue weighted by Gasteiger charge is -2.27. The van der Waals surface area contributed by atoms with Gasteiger partial charge in [0.15, 0.2) is 4.77 Å². The molecule has 0 bridgehead atoms. The van der Waals surface area contributed by atoms with Crippen molar-refractivity contribution in [2.24, 2.45) is 0 Å². The number of aromatic nitrogens is 2. The van der Waals surface area contributed by atoms with Gasteiger partial charge in [0.25, 0.3) is 0 Å². The Morgan fingerprint density at radius 1 is 1.44 bits per heavy atom. The van der Waals surface area contributed by atoms with Crippen LogP contribution in [0.2, 0.25) is 0 Å². The van der Waals surface area contributed by atoms with E-state index in [1.165, 1.54) is 6.42 Å². The lowest BCUT2D eigenvalue weighted by molar-refractivity contribution is 0.0690. The number of aromatic amines is 1. The predicted octanol–water partition coefficient (Wildman–Crippen LogP) is 1.83. The molecule has 5 nitrogen and oxygen atoms in total. The van der Waals surface area contributed by atoms with E-state index < -0.39 is 5.97 Å². The van der Waals surface area contributed by atoms with Crippen molar-refractivity contribution in [3.8, 4) is 0 Å². The number of rotatable bonds is 2. The second kappa shape index (κ2) is 4.61. The SMILES string of the molecule is O=C(O)c1cc(N2CCCCC2)nc(=S)[nH]1. The average Bonchev–Trinajstić information content (AvgIpc) is 2.29. The van der Waals surface area contributed by atoms with E-state index in [1.54, 1.807) is 6.07 Å². The van der Waals surface area contributed by atoms with E-state index in [4.69, 9.17) is 17.3 Å². The summed E-state index contributed by atoms with van der Waals surface area (Å²) in [4.78, 5) is 19.7. The molecule has 0 unspecified atom stereocenters. The molecule has 1 aromatic rings. The molecule has 2 rings (SSSR count). The lowest BCUT2D eigenvalue weighted by atomic mass is 10.1. The maximum Gasteiger partial charge on any atom is 0.352 e. The molecule has 1 saturated heterocycles. The zero-order valence-electron chi connectivity index (χ0n) is 8.77. The maximum atomic E-state index is 10.9. The number of nitrogens with zero attached hydrogens (tertiary/aromatic N) is 2. The van der Waals surface area contributed by atoms with Crippen LogP contribution in [0.25, 0.3) is 0 Å². The van der Waals surface area contributed by atoms with E-state index in [9.17, 15) is 4.79 Å². The average molecular weight is 239 g/mol. The van der Waals surface area contributed by atoms with Crippen LogP contribution in [-0.4, -0.2) is 34.1 Å². The van der Waals surface area contributed by atoms with Crippen LogP contribution >= 0.6 is 12.2 Å². The standard InChI is InChI=1S/C10H13N3O2S/c14-9(15)7-6-8(12-10(16)11-7)13-4-2-1-3-5-13/h6H,1-5H2,(H,14,15)(H,11,12,16). The van der Waals surface area contributed by atoms with Gasteiger partial charge in [0.2, 0.25) is 0 Å². The summed E-state index contributed by atoms with van der Waals surface area (Å²) in [5.74, 6) is -0.340. The molecule has 0 amide bonds. The van der Waals surface area contributed by atoms with Gasteiger partial charge in [-0.2, -0.15) is 0 Å². The van der Waals surface area contributed by atoms with Gasteiger partial charge in [0.1, 0.15) is 11.5 Å². The number of hydrogen-bond donors (Lipinski definition) is 2. The van der Waals surface area contributed by atoms with Crippen molar-refractivity contribution in [2.75, 3.05) is 18.0 Å². The Kier molecular flexibility index (Phi) is 3.19. The van der Waals surface area contributed by atoms with Crippen LogP contribution in [0.3, 0.4) is 0 Å². The van der Waals surface area contributed by atoms with Crippen LogP contribution in [0, 0.1) is 4.77 Å². The molecule has 1 aromatic heterocycles. The molecule has 2 N–H and O–H groups in total. The van der Waals surface area contributed by atoms with Crippen LogP contribution in [0.5, 0.6) is 0 Å². The Labute approximate surface area is 98.1 Å². The number of piperidine rings is 1. The molecule has 0 radical (unpaired) electrons. The topological polar surface area (TPSA) is 69.2 Å². The summed E-state index contributed by atoms with van der Waals surface area (Å²) in [6.07, 6.45) is 3.47. The highest BCUT2D eigenvalue weighted by molar-refractivity contribution is 7.71. The molecule has 0 aromatic carbocycles. The van der Waals surface area contributed by atoms with E-state index in [2.05, 4.69) is 14.9 Å². The third kappa shape index (κ3) is 2.38. The van der Waals surface area contributed by atoms with Crippen molar-refractivity contribution in [3.05, 3.63) is 16.5 Å². The van der Waals surface area contributed by atoms with Gasteiger partial charge in [-0.05, 0) is 31.5 Å². The fourth-order valence-electron chi connectivity index (χ4n) is 1.84. The number of carbonyl (C=O) groups is 1. The van der Waals surface area contributed by atoms with Crippen molar-refractivity contribution in [2.45, 2.75) is 19.3 Å². The number of carboxylic acid groups (broad SMARTS) is 1. The summed E-state index contributed by atoms with van der Waals surface area (Å²) in [6, 6.07) is 1.55. The molecule has 0 spiro atoms. The summed E-state index contributed by atoms with van der Waals surface area (Å²) in [5, 5.41) is 8.91. The van der Waals surface area contributed by atoms with E-state index in [-0.39, 0.29) is 10.5 Å². The molecular weight excluding hydrogens is 226 g/mol. The highest BCUT2D eigenvalue weighted by atomic mass is 32.1. The number of anilines is 1. The van der Waals surface area contributed by atoms with Crippen LogP contribution in [0.4, 0.5) is 5.82 Å². The maximum absolute atomic E-state index is 10.9. The van der Waals surface area contributed by atoms with E-state index in [0.717, 1.165) is 25.9 Å². The zero-order chi connectivity index (χ0) is 11.5. The van der Waals surface area contributed by atoms with Gasteiger partial charge in [-0.25, -0.2) is 9.78 Å². The highest BCUT2D eigenvalue weighted by Gasteiger charge is 2.14. The molecule has 2 heterocycles. The van der Waals surface area contributed by atoms with Crippen molar-refractivity contribution in [3.63, 3.8) is 0 Å². The Balaban J connectivity index is 2.32. The molecule has 86 valence electrons. The van der Waals surface area contributed by atoms with Crippen molar-refractivity contribution in [1.82, 2.24) is 9.97 Å². The Hall–Kier alpha value is -1.43. The Morgan fingerprint density at radius 3 is 2.75 bits per heavy atom. The summed E-state index contributed by atoms with van der Waals surface area (Å²) >= 11 is 4.92. The van der Waals surface area contributed by atoms with Gasteiger partial charge in [0.05, 0.1) is 0 Å². The monoisotopic (exact) mass is 239 g/mol. The summed E-state index contributed by atoms with van der Waals surface area (Å²) in [6.45, 7) is 1.84. The van der Waals surface area contributed by atoms with Gasteiger partial charge >= 0.3 is 5.97 Å². The van der Waals surface area contributed by atoms with Crippen molar-refractivity contribution in [1.29, 1.82) is 0 Å². The molecule has 1 aliphatic heterocycles. The second-order valence-corrected chi connectivity index (χ2v) is 4.20. The van der Waals surface area contributed by atoms with Crippen LogP contribution in [-0.2, 0) is 0 Å². The normalized spacial score (nSPS) is 16.1. The molecule has 16 heavy (non-hydrogen) atoms. The Morgan fingerprint density at radius 2 is 2.12 bits per heavy atom. The van der Waals surface area contributed by atoms with Gasteiger partial charge in [-0.1, -0.05) is 0 Å². The highest BCUT2D eigenvalue weighted by Crippen LogP contribution is 2.17. The van der Waals surface area contributed by atoms with Crippen molar-refractivity contribution < 1.29 is 9.90 Å². The molecule has 0 saturated carbocycles. The number of H-pyrrole nitrogens is 1. The first-order chi connectivity index (χ1) is 7.66. The van der Waals surface area contributed by atoms with E-state index in [1.807, 2.05) is 0 Å². The molecule has 1 fully saturated rings. The first kappa shape index (κ1) is 11.1. The van der Waals surface area contributed by atoms with Crippen LogP contribution < -0.4 is 4.90 Å². The number of carboxylic acids is 1. The first-order valence-corrected chi connectivity index (χ1v) is 5.67.